The van der Waals surface area contributed by atoms with Gasteiger partial charge in [0, 0.05) is 45.3 Å². The van der Waals surface area contributed by atoms with Gasteiger partial charge in [-0.1, -0.05) is 175 Å². The van der Waals surface area contributed by atoms with E-state index in [-0.39, 0.29) is 63.6 Å². The van der Waals surface area contributed by atoms with Crippen molar-refractivity contribution in [3.8, 4) is 34.5 Å². The number of benzene rings is 6. The third-order valence-corrected chi connectivity index (χ3v) is 23.3. The van der Waals surface area contributed by atoms with Crippen molar-refractivity contribution in [2.75, 3.05) is 62.1 Å². The van der Waals surface area contributed by atoms with E-state index in [1.54, 1.807) is 158 Å². The Bertz CT molecular complexity index is 4830. The van der Waals surface area contributed by atoms with Crippen molar-refractivity contribution in [2.24, 2.45) is 17.8 Å². The quantitative estimate of drug-likeness (QED) is 0.0442. The van der Waals surface area contributed by atoms with E-state index in [0.717, 1.165) is 27.5 Å². The van der Waals surface area contributed by atoms with Crippen LogP contribution in [0.4, 0.5) is 39.5 Å². The molecule has 3 saturated carbocycles. The van der Waals surface area contributed by atoms with Gasteiger partial charge in [-0.2, -0.15) is 39.5 Å². The average Bonchev–Trinajstić information content (AvgIpc) is 1.51. The predicted molar refractivity (Wildman–Crippen MR) is 412 cm³/mol. The highest BCUT2D eigenvalue weighted by molar-refractivity contribution is 9.11. The molecule has 3 fully saturated rings. The number of alkyl halides is 9. The van der Waals surface area contributed by atoms with Crippen molar-refractivity contribution >= 4 is 78.0 Å². The summed E-state index contributed by atoms with van der Waals surface area (Å²) in [7, 11) is 7.44. The molecule has 3 aliphatic carbocycles. The first-order valence-electron chi connectivity index (χ1n) is 35.2. The minimum absolute atomic E-state index is 0. The van der Waals surface area contributed by atoms with Crippen LogP contribution in [0.15, 0.2) is 214 Å². The van der Waals surface area contributed by atoms with E-state index in [0.29, 0.717) is 43.2 Å². The van der Waals surface area contributed by atoms with Gasteiger partial charge in [-0.3, -0.25) is 29.3 Å². The van der Waals surface area contributed by atoms with Crippen LogP contribution in [-0.2, 0) is 48.0 Å². The van der Waals surface area contributed by atoms with Gasteiger partial charge in [0.1, 0.15) is 65.9 Å². The Balaban J connectivity index is 0.000000164. The van der Waals surface area contributed by atoms with Crippen molar-refractivity contribution in [3.63, 3.8) is 0 Å². The number of aliphatic hydroxyl groups excluding tert-OH is 3. The maximum absolute atomic E-state index is 13.7. The molecule has 0 unspecified atom stereocenters. The summed E-state index contributed by atoms with van der Waals surface area (Å²) in [6.07, 6.45) is -10.5. The number of carbonyl (C=O) groups is 3. The zero-order valence-corrected chi connectivity index (χ0v) is 67.4. The first kappa shape index (κ1) is 87.6. The number of hydrogen-bond acceptors (Lipinski definition) is 19. The second-order valence-electron chi connectivity index (χ2n) is 28.2. The molecule has 116 heavy (non-hydrogen) atoms. The van der Waals surface area contributed by atoms with E-state index in [1.165, 1.54) is 65.6 Å². The van der Waals surface area contributed by atoms with E-state index >= 15 is 0 Å². The third-order valence-electron chi connectivity index (χ3n) is 21.8. The summed E-state index contributed by atoms with van der Waals surface area (Å²) in [6, 6.07) is 46.7. The van der Waals surface area contributed by atoms with Crippen LogP contribution in [0.25, 0.3) is 0 Å². The lowest BCUT2D eigenvalue weighted by atomic mass is 9.70. The molecule has 0 saturated heterocycles. The molecule has 3 aromatic heterocycles. The molecule has 6 heterocycles. The molecule has 6 aromatic carbocycles. The minimum Gasteiger partial charge on any atom is -0.495 e. The number of ether oxygens (including phenoxy) is 6. The minimum atomic E-state index is -4.66. The number of aliphatic carboxylic acids is 1. The maximum atomic E-state index is 13.7. The van der Waals surface area contributed by atoms with E-state index in [1.807, 2.05) is 11.4 Å². The number of halogens is 13. The van der Waals surface area contributed by atoms with Crippen molar-refractivity contribution in [1.29, 1.82) is 0 Å². The molecular formula is C81H75Br3ClF9N6O16. The second kappa shape index (κ2) is 33.3. The van der Waals surface area contributed by atoms with Crippen molar-refractivity contribution < 1.29 is 118 Å². The molecule has 15 atom stereocenters. The highest BCUT2D eigenvalue weighted by Crippen LogP contribution is 2.73. The summed E-state index contributed by atoms with van der Waals surface area (Å²) in [5.41, 5.74) is -8.75. The van der Waals surface area contributed by atoms with Gasteiger partial charge in [0.15, 0.2) is 33.6 Å². The van der Waals surface area contributed by atoms with Gasteiger partial charge in [-0.25, -0.2) is 0 Å². The Morgan fingerprint density at radius 3 is 0.922 bits per heavy atom. The monoisotopic (exact) mass is 1830 g/mol. The van der Waals surface area contributed by atoms with E-state index in [2.05, 4.69) is 62.7 Å². The highest BCUT2D eigenvalue weighted by Gasteiger charge is 2.81. The SMILES string of the molecule is CNCC(F)(F)F.COc1cncc2c1[C@]1(O)[C@H](O)[C@H](C(=O)N(C)CC(F)(F)F)[C@@H](c3ccccc3)[C@]1(c1ccc(Br)cc1)O2.COc1cncc2c1[C@]1(O)[C@H](O)[C@H](C(=O)N(C)CC(F)(F)F)[C@@H](c3ccccc3)[C@]1(c1ccc(Br)cc1)O2.COc1cncc2c1[C@]1(O)[C@H](O)[C@H](C(=O)O)[C@@H](c3ccccc3)[C@]1(c1ccc(Br)cc1)O2.Cl. The number of amides is 2. The number of aromatic nitrogens is 3. The number of fused-ring (bicyclic) bond motifs is 9. The van der Waals surface area contributed by atoms with Crippen LogP contribution in [0.3, 0.4) is 0 Å². The number of pyridine rings is 3. The second-order valence-corrected chi connectivity index (χ2v) is 30.9. The topological polar surface area (TPSA) is 305 Å². The predicted octanol–water partition coefficient (Wildman–Crippen LogP) is 12.6. The molecular weight excluding hydrogens is 1760 g/mol. The van der Waals surface area contributed by atoms with Gasteiger partial charge in [-0.05, 0) is 76.8 Å². The summed E-state index contributed by atoms with van der Waals surface area (Å²) in [6.45, 7) is -3.96. The van der Waals surface area contributed by atoms with Crippen LogP contribution in [0.2, 0.25) is 0 Å². The summed E-state index contributed by atoms with van der Waals surface area (Å²) >= 11 is 10.2. The zero-order valence-electron chi connectivity index (χ0n) is 61.9. The molecule has 15 rings (SSSR count). The number of nitrogens with one attached hydrogen (secondary N) is 1. The highest BCUT2D eigenvalue weighted by atomic mass is 79.9. The smallest absolute Gasteiger partial charge is 0.406 e. The maximum Gasteiger partial charge on any atom is 0.406 e. The Kier molecular flexibility index (Phi) is 25.2. The van der Waals surface area contributed by atoms with Crippen LogP contribution in [0.1, 0.15) is 67.8 Å². The molecule has 22 nitrogen and oxygen atoms in total. The third kappa shape index (κ3) is 14.7. The molecule has 2 amide bonds. The number of hydrogen-bond donors (Lipinski definition) is 8. The van der Waals surface area contributed by atoms with Crippen molar-refractivity contribution in [3.05, 3.63) is 264 Å². The van der Waals surface area contributed by atoms with E-state index in [4.69, 9.17) is 28.4 Å². The van der Waals surface area contributed by atoms with Gasteiger partial charge in [0.25, 0.3) is 0 Å². The Labute approximate surface area is 689 Å². The molecule has 0 spiro atoms. The van der Waals surface area contributed by atoms with Crippen LogP contribution < -0.4 is 33.7 Å². The number of carbonyl (C=O) groups excluding carboxylic acids is 2. The molecule has 9 aromatic rings. The lowest BCUT2D eigenvalue weighted by molar-refractivity contribution is -0.167. The summed E-state index contributed by atoms with van der Waals surface area (Å²) in [4.78, 5) is 53.4. The average molecular weight is 1830 g/mol. The zero-order chi connectivity index (χ0) is 83.5. The summed E-state index contributed by atoms with van der Waals surface area (Å²) in [5.74, 6) is -9.79. The van der Waals surface area contributed by atoms with Crippen molar-refractivity contribution in [1.82, 2.24) is 30.1 Å². The fourth-order valence-corrected chi connectivity index (χ4v) is 18.3. The standard InChI is InChI=1S/2C27H24BrF3N2O5.C24H20BrNO6.C3H6F3N.ClH/c2*1-33(14-25(29,30)31)24(35)20-21(15-6-4-3-5-7-15)27(16-8-10-17(28)11-9-16)26(36,23(20)34)22-18(37-2)12-32-13-19(22)38-27;1-31-16-11-26-12-17-20(16)23(30)21(27)18(22(28)29)19(13-5-3-2-4-6-13)24(23,32-17)14-7-9-15(25)10-8-14;1-7-2-3(4,5)6;/h2*3-13,20-21,23,34,36H,14H2,1-2H3;2-12,18-19,21,27,30H,1H3,(H,28,29);7H,2H2,1H3;1H/t2*20-,21-,23-,26+,27+;18-,19-,21-,23+,24+;;/m111../s1. The molecule has 6 aliphatic rings. The number of methoxy groups -OCH3 is 3. The molecule has 8 N–H and O–H groups in total. The molecule has 0 radical (unpaired) electrons. The Morgan fingerprint density at radius 2 is 0.698 bits per heavy atom. The largest absolute Gasteiger partial charge is 0.495 e. The van der Waals surface area contributed by atoms with Crippen LogP contribution in [-0.4, -0.2) is 177 Å². The Hall–Kier alpha value is -9.20. The van der Waals surface area contributed by atoms with Crippen LogP contribution >= 0.6 is 60.2 Å². The number of carboxylic acid groups (broad SMARTS) is 1. The Morgan fingerprint density at radius 1 is 0.440 bits per heavy atom. The summed E-state index contributed by atoms with van der Waals surface area (Å²) < 4.78 is 151. The number of rotatable bonds is 15. The first-order valence-corrected chi connectivity index (χ1v) is 37.6. The first-order chi connectivity index (χ1) is 54.3. The molecule has 35 heteroatoms. The van der Waals surface area contributed by atoms with Crippen molar-refractivity contribution in [2.45, 2.75) is 88.2 Å². The normalized spacial score (nSPS) is 27.3. The van der Waals surface area contributed by atoms with E-state index < -0.39 is 143 Å². The van der Waals surface area contributed by atoms with Gasteiger partial charge in [0.05, 0.1) is 99.5 Å². The van der Waals surface area contributed by atoms with Crippen LogP contribution in [0, 0.1) is 17.8 Å². The molecule has 3 aliphatic heterocycles. The van der Waals surface area contributed by atoms with Gasteiger partial charge in [0.2, 0.25) is 11.8 Å². The number of carboxylic acids is 1. The fraction of sp³-hybridized carbons (Fsp3) is 0.333. The van der Waals surface area contributed by atoms with Gasteiger partial charge < -0.3 is 79.3 Å². The fourth-order valence-electron chi connectivity index (χ4n) is 17.5. The van der Waals surface area contributed by atoms with Gasteiger partial charge >= 0.3 is 24.5 Å². The number of nitrogens with zero attached hydrogens (tertiary/aromatic N) is 5. The molecule has 616 valence electrons. The molecule has 0 bridgehead atoms. The van der Waals surface area contributed by atoms with Gasteiger partial charge in [-0.15, -0.1) is 12.4 Å². The lowest BCUT2D eigenvalue weighted by Crippen LogP contribution is -2.52. The number of aliphatic hydroxyl groups is 6. The van der Waals surface area contributed by atoms with E-state index in [9.17, 15) is 89.6 Å². The van der Waals surface area contributed by atoms with Crippen LogP contribution in [0.5, 0.6) is 34.5 Å². The lowest BCUT2D eigenvalue weighted by Gasteiger charge is -2.41. The summed E-state index contributed by atoms with van der Waals surface area (Å²) in [5, 5.41) is 84.9.